The lowest BCUT2D eigenvalue weighted by Crippen LogP contribution is -2.54. The predicted octanol–water partition coefficient (Wildman–Crippen LogP) is 1.16. The second kappa shape index (κ2) is 6.08. The van der Waals surface area contributed by atoms with Crippen LogP contribution in [-0.2, 0) is 10.2 Å². The van der Waals surface area contributed by atoms with E-state index in [1.54, 1.807) is 8.61 Å². The lowest BCUT2D eigenvalue weighted by molar-refractivity contribution is 0.224. The number of nitrogens with zero attached hydrogens (tertiary/aromatic N) is 2. The summed E-state index contributed by atoms with van der Waals surface area (Å²) in [7, 11) is -3.35. The Kier molecular flexibility index (Phi) is 4.87. The Morgan fingerprint density at radius 3 is 2.47 bits per heavy atom. The van der Waals surface area contributed by atoms with Crippen molar-refractivity contribution in [2.45, 2.75) is 58.0 Å². The molecule has 0 aromatic rings. The van der Waals surface area contributed by atoms with Crippen LogP contribution in [0.3, 0.4) is 0 Å². The monoisotopic (exact) mass is 289 g/mol. The van der Waals surface area contributed by atoms with Gasteiger partial charge in [-0.3, -0.25) is 0 Å². The summed E-state index contributed by atoms with van der Waals surface area (Å²) in [6, 6.07) is 0.00477. The fraction of sp³-hybridized carbons (Fsp3) is 1.00. The van der Waals surface area contributed by atoms with Crippen molar-refractivity contribution in [1.82, 2.24) is 8.61 Å². The second-order valence-corrected chi connectivity index (χ2v) is 7.94. The average Bonchev–Trinajstić information content (AvgIpc) is 3.19. The van der Waals surface area contributed by atoms with Gasteiger partial charge in [-0.15, -0.1) is 0 Å². The summed E-state index contributed by atoms with van der Waals surface area (Å²) in [5.41, 5.74) is 5.76. The highest BCUT2D eigenvalue weighted by molar-refractivity contribution is 7.86. The van der Waals surface area contributed by atoms with Gasteiger partial charge in [0.05, 0.1) is 0 Å². The Balaban J connectivity index is 2.16. The average molecular weight is 289 g/mol. The van der Waals surface area contributed by atoms with Gasteiger partial charge < -0.3 is 5.73 Å². The number of piperidine rings is 1. The molecule has 1 saturated carbocycles. The molecule has 0 bridgehead atoms. The molecule has 2 rings (SSSR count). The SMILES string of the molecule is CC(C)N(CC1CC1)S(=O)(=O)N1CCCCC1CN. The number of rotatable bonds is 6. The normalized spacial score (nSPS) is 26.3. The number of hydrogen-bond acceptors (Lipinski definition) is 3. The van der Waals surface area contributed by atoms with E-state index in [1.807, 2.05) is 13.8 Å². The molecular formula is C13H27N3O2S. The van der Waals surface area contributed by atoms with Crippen LogP contribution in [0, 0.1) is 5.92 Å². The summed E-state index contributed by atoms with van der Waals surface area (Å²) in [4.78, 5) is 0. The van der Waals surface area contributed by atoms with Crippen LogP contribution in [-0.4, -0.2) is 48.7 Å². The van der Waals surface area contributed by atoms with E-state index in [-0.39, 0.29) is 12.1 Å². The van der Waals surface area contributed by atoms with Crippen LogP contribution < -0.4 is 5.73 Å². The molecule has 6 heteroatoms. The van der Waals surface area contributed by atoms with Crippen molar-refractivity contribution in [3.63, 3.8) is 0 Å². The van der Waals surface area contributed by atoms with Gasteiger partial charge >= 0.3 is 0 Å². The number of hydrogen-bond donors (Lipinski definition) is 1. The zero-order valence-electron chi connectivity index (χ0n) is 12.1. The second-order valence-electron chi connectivity index (χ2n) is 6.11. The third kappa shape index (κ3) is 3.48. The molecule has 112 valence electrons. The quantitative estimate of drug-likeness (QED) is 0.798. The molecule has 0 amide bonds. The van der Waals surface area contributed by atoms with Gasteiger partial charge in [0.25, 0.3) is 10.2 Å². The smallest absolute Gasteiger partial charge is 0.282 e. The van der Waals surface area contributed by atoms with Crippen molar-refractivity contribution in [2.24, 2.45) is 11.7 Å². The van der Waals surface area contributed by atoms with Crippen LogP contribution in [0.25, 0.3) is 0 Å². The van der Waals surface area contributed by atoms with E-state index in [9.17, 15) is 8.42 Å². The van der Waals surface area contributed by atoms with Gasteiger partial charge in [0.1, 0.15) is 0 Å². The molecular weight excluding hydrogens is 262 g/mol. The maximum atomic E-state index is 12.9. The molecule has 0 aromatic heterocycles. The lowest BCUT2D eigenvalue weighted by Gasteiger charge is -2.38. The van der Waals surface area contributed by atoms with Crippen molar-refractivity contribution in [1.29, 1.82) is 0 Å². The molecule has 0 radical (unpaired) electrons. The summed E-state index contributed by atoms with van der Waals surface area (Å²) in [5, 5.41) is 0. The number of nitrogens with two attached hydrogens (primary N) is 1. The van der Waals surface area contributed by atoms with E-state index in [0.717, 1.165) is 19.3 Å². The Morgan fingerprint density at radius 1 is 1.26 bits per heavy atom. The fourth-order valence-corrected chi connectivity index (χ4v) is 4.90. The third-order valence-corrected chi connectivity index (χ3v) is 6.39. The molecule has 0 aromatic carbocycles. The molecule has 1 atom stereocenters. The summed E-state index contributed by atoms with van der Waals surface area (Å²) in [6.45, 7) is 5.64. The summed E-state index contributed by atoms with van der Waals surface area (Å²) >= 11 is 0. The Labute approximate surface area is 117 Å². The molecule has 2 fully saturated rings. The van der Waals surface area contributed by atoms with E-state index in [2.05, 4.69) is 0 Å². The van der Waals surface area contributed by atoms with Crippen LogP contribution in [0.5, 0.6) is 0 Å². The van der Waals surface area contributed by atoms with Gasteiger partial charge in [0, 0.05) is 31.7 Å². The van der Waals surface area contributed by atoms with Gasteiger partial charge in [-0.05, 0) is 45.4 Å². The topological polar surface area (TPSA) is 66.6 Å². The summed E-state index contributed by atoms with van der Waals surface area (Å²) in [6.07, 6.45) is 5.26. The predicted molar refractivity (Wildman–Crippen MR) is 76.9 cm³/mol. The molecule has 1 aliphatic carbocycles. The highest BCUT2D eigenvalue weighted by atomic mass is 32.2. The largest absolute Gasteiger partial charge is 0.329 e. The molecule has 5 nitrogen and oxygen atoms in total. The standard InChI is InChI=1S/C13H27N3O2S/c1-11(2)16(10-12-6-7-12)19(17,18)15-8-4-3-5-13(15)9-14/h11-13H,3-10,14H2,1-2H3. The van der Waals surface area contributed by atoms with E-state index in [1.165, 1.54) is 12.8 Å². The summed E-state index contributed by atoms with van der Waals surface area (Å²) < 4.78 is 29.0. The first-order valence-electron chi connectivity index (χ1n) is 7.45. The fourth-order valence-electron chi connectivity index (χ4n) is 2.77. The van der Waals surface area contributed by atoms with E-state index >= 15 is 0 Å². The van der Waals surface area contributed by atoms with Crippen LogP contribution in [0.1, 0.15) is 46.0 Å². The van der Waals surface area contributed by atoms with Gasteiger partial charge in [0.15, 0.2) is 0 Å². The van der Waals surface area contributed by atoms with Crippen molar-refractivity contribution >= 4 is 10.2 Å². The van der Waals surface area contributed by atoms with E-state index in [0.29, 0.717) is 25.6 Å². The van der Waals surface area contributed by atoms with Gasteiger partial charge in [-0.2, -0.15) is 17.0 Å². The lowest BCUT2D eigenvalue weighted by atomic mass is 10.1. The van der Waals surface area contributed by atoms with Crippen molar-refractivity contribution < 1.29 is 8.42 Å². The Bertz CT molecular complexity index is 385. The minimum absolute atomic E-state index is 0.0146. The van der Waals surface area contributed by atoms with E-state index < -0.39 is 10.2 Å². The first kappa shape index (κ1) is 15.2. The van der Waals surface area contributed by atoms with Crippen LogP contribution in [0.2, 0.25) is 0 Å². The maximum absolute atomic E-state index is 12.9. The van der Waals surface area contributed by atoms with Gasteiger partial charge in [0.2, 0.25) is 0 Å². The zero-order chi connectivity index (χ0) is 14.0. The van der Waals surface area contributed by atoms with Crippen molar-refractivity contribution in [3.05, 3.63) is 0 Å². The van der Waals surface area contributed by atoms with Gasteiger partial charge in [-0.25, -0.2) is 0 Å². The Hall–Kier alpha value is -0.170. The molecule has 19 heavy (non-hydrogen) atoms. The maximum Gasteiger partial charge on any atom is 0.282 e. The first-order chi connectivity index (χ1) is 8.96. The molecule has 1 unspecified atom stereocenters. The highest BCUT2D eigenvalue weighted by Gasteiger charge is 2.39. The van der Waals surface area contributed by atoms with Crippen molar-refractivity contribution in [2.75, 3.05) is 19.6 Å². The van der Waals surface area contributed by atoms with Crippen molar-refractivity contribution in [3.8, 4) is 0 Å². The molecule has 2 N–H and O–H groups in total. The Morgan fingerprint density at radius 2 is 1.95 bits per heavy atom. The molecule has 0 spiro atoms. The summed E-state index contributed by atoms with van der Waals surface area (Å²) in [5.74, 6) is 0.568. The third-order valence-electron chi connectivity index (χ3n) is 4.15. The zero-order valence-corrected chi connectivity index (χ0v) is 12.9. The minimum Gasteiger partial charge on any atom is -0.329 e. The minimum atomic E-state index is -3.35. The molecule has 1 aliphatic heterocycles. The van der Waals surface area contributed by atoms with Gasteiger partial charge in [-0.1, -0.05) is 6.42 Å². The van der Waals surface area contributed by atoms with Crippen LogP contribution in [0.15, 0.2) is 0 Å². The molecule has 1 heterocycles. The highest BCUT2D eigenvalue weighted by Crippen LogP contribution is 2.32. The van der Waals surface area contributed by atoms with E-state index in [4.69, 9.17) is 5.73 Å². The van der Waals surface area contributed by atoms with Crippen LogP contribution >= 0.6 is 0 Å². The molecule has 2 aliphatic rings. The van der Waals surface area contributed by atoms with Crippen LogP contribution in [0.4, 0.5) is 0 Å². The molecule has 1 saturated heterocycles. The first-order valence-corrected chi connectivity index (χ1v) is 8.85.